The molecule has 2 heterocycles. The first-order valence-electron chi connectivity index (χ1n) is 16.3. The molecule has 0 fully saturated rings. The summed E-state index contributed by atoms with van der Waals surface area (Å²) in [6.45, 7) is 3.89. The van der Waals surface area contributed by atoms with Crippen LogP contribution in [0.4, 0.5) is 0 Å². The average molecular weight is 1220 g/mol. The van der Waals surface area contributed by atoms with Crippen molar-refractivity contribution in [2.75, 3.05) is 28.4 Å². The predicted molar refractivity (Wildman–Crippen MR) is 220 cm³/mol. The van der Waals surface area contributed by atoms with E-state index in [1.165, 1.54) is 24.6 Å². The maximum atomic E-state index is 11.8. The third kappa shape index (κ3) is 51.8. The zero-order valence-corrected chi connectivity index (χ0v) is 41.5. The van der Waals surface area contributed by atoms with E-state index in [1.807, 2.05) is 0 Å². The molecular weight excluding hydrogens is 1180 g/mol. The fraction of sp³-hybridized carbons (Fsp3) is 0.211. The van der Waals surface area contributed by atoms with Crippen LogP contribution in [0.25, 0.3) is 0 Å². The number of hydrazone groups is 2. The van der Waals surface area contributed by atoms with Gasteiger partial charge in [-0.05, 0) is 63.1 Å². The van der Waals surface area contributed by atoms with Gasteiger partial charge in [-0.3, -0.25) is 9.59 Å². The van der Waals surface area contributed by atoms with Crippen molar-refractivity contribution in [3.63, 3.8) is 0 Å². The van der Waals surface area contributed by atoms with Crippen LogP contribution in [0.3, 0.4) is 0 Å². The van der Waals surface area contributed by atoms with Crippen molar-refractivity contribution in [3.05, 3.63) is 117 Å². The molecule has 354 valence electrons. The van der Waals surface area contributed by atoms with Crippen molar-refractivity contribution in [1.29, 1.82) is 0 Å². The third-order valence-corrected chi connectivity index (χ3v) is 5.38. The molecule has 0 aliphatic rings. The van der Waals surface area contributed by atoms with Gasteiger partial charge in [-0.15, -0.1) is 0 Å². The van der Waals surface area contributed by atoms with Gasteiger partial charge in [0.1, 0.15) is 9.28 Å². The molecule has 0 atom stereocenters. The summed E-state index contributed by atoms with van der Waals surface area (Å²) < 4.78 is 0.666. The van der Waals surface area contributed by atoms with Gasteiger partial charge in [0.25, 0.3) is 11.8 Å². The average Bonchev–Trinajstić information content (AvgIpc) is 3.22. The van der Waals surface area contributed by atoms with Gasteiger partial charge in [-0.25, -0.2) is 10.9 Å². The Morgan fingerprint density at radius 3 is 0.953 bits per heavy atom. The molecular formula is C38H48Gd2N6O16S2. The Morgan fingerprint density at radius 1 is 0.500 bits per heavy atom. The minimum absolute atomic E-state index is 0. The van der Waals surface area contributed by atoms with Crippen LogP contribution >= 0.6 is 24.4 Å². The van der Waals surface area contributed by atoms with Crippen LogP contribution in [0.15, 0.2) is 95.4 Å². The largest absolute Gasteiger partial charge is 3.00 e. The first-order valence-corrected chi connectivity index (χ1v) is 17.1. The smallest absolute Gasteiger partial charge is 0.872 e. The minimum atomic E-state index is -1.08. The number of benzene rings is 2. The van der Waals surface area contributed by atoms with Crippen molar-refractivity contribution in [1.82, 2.24) is 20.8 Å². The van der Waals surface area contributed by atoms with Crippen LogP contribution in [0.1, 0.15) is 59.5 Å². The molecule has 64 heavy (non-hydrogen) atoms. The number of nitrogens with one attached hydrogen (secondary N) is 4. The summed E-state index contributed by atoms with van der Waals surface area (Å²) in [4.78, 5) is 64.6. The van der Waals surface area contributed by atoms with Crippen LogP contribution in [0.2, 0.25) is 0 Å². The Bertz CT molecular complexity index is 1850. The standard InChI is InChI=1S/2C13H11N3O2S.4C2H4O2.4CH4O.2Gd/c2*17-11-6-2-1-4-9(11)8-15-16-12(18)10-5-3-7-14-13(10)19;4*1-2(3)4;4*1-2;;/h2*1-8,17H,(H,14,19)(H,16,18);4*1H3,(H,3,4);4*2H,1H3;;/q;;;;;;;;;;2*+3/p-6/b2*15-8+;;;;;;;;;;. The van der Waals surface area contributed by atoms with E-state index < -0.39 is 35.7 Å². The molecule has 8 N–H and O–H groups in total. The number of aliphatic hydroxyl groups excluding tert-OH is 4. The molecule has 0 aliphatic carbocycles. The Labute approximate surface area is 443 Å². The SMILES string of the molecule is CC(=O)[O-].CC(=O)[O-].CC(=O)[O-].CC(=O)[O-].CO.CO.CO.CO.O=C(N/N=C/c1ccccc1[O-])c1ccc[nH]c1=S.O=C(N/N=C/c1ccccc1[O-])c1ccc[nH]c1=S.[Gd+3].[Gd+3]. The monoisotopic (exact) mass is 1220 g/mol. The zero-order valence-electron chi connectivity index (χ0n) is 35.3. The van der Waals surface area contributed by atoms with Crippen LogP contribution < -0.4 is 41.5 Å². The van der Waals surface area contributed by atoms with Crippen LogP contribution in [0.5, 0.6) is 11.5 Å². The number of rotatable bonds is 6. The number of nitrogens with zero attached hydrogens (tertiary/aromatic N) is 2. The molecule has 0 aliphatic heterocycles. The minimum Gasteiger partial charge on any atom is -0.872 e. The second-order valence-corrected chi connectivity index (χ2v) is 10.1. The summed E-state index contributed by atoms with van der Waals surface area (Å²) in [6.07, 6.45) is 5.87. The van der Waals surface area contributed by atoms with E-state index >= 15 is 0 Å². The van der Waals surface area contributed by atoms with Gasteiger partial charge in [0.2, 0.25) is 0 Å². The second-order valence-electron chi connectivity index (χ2n) is 9.27. The first-order chi connectivity index (χ1) is 29.3. The van der Waals surface area contributed by atoms with E-state index in [4.69, 9.17) is 84.5 Å². The molecule has 2 aromatic heterocycles. The van der Waals surface area contributed by atoms with Gasteiger partial charge in [0.05, 0.1) is 23.6 Å². The van der Waals surface area contributed by atoms with Gasteiger partial charge in [-0.1, -0.05) is 84.5 Å². The summed E-state index contributed by atoms with van der Waals surface area (Å²) >= 11 is 9.95. The molecule has 0 saturated carbocycles. The molecule has 0 bridgehead atoms. The number of aromatic amines is 2. The van der Waals surface area contributed by atoms with Crippen molar-refractivity contribution in [2.45, 2.75) is 27.7 Å². The fourth-order valence-electron chi connectivity index (χ4n) is 2.82. The number of carboxylic acids is 4. The summed E-state index contributed by atoms with van der Waals surface area (Å²) in [5, 5.41) is 93.8. The van der Waals surface area contributed by atoms with Crippen molar-refractivity contribution >= 4 is 72.6 Å². The van der Waals surface area contributed by atoms with Crippen molar-refractivity contribution < 1.29 is 160 Å². The number of aliphatic hydroxyl groups is 4. The number of hydrogen-bond acceptors (Lipinski definition) is 20. The normalized spacial score (nSPS) is 8.19. The molecule has 2 amide bonds. The number of carboxylic acid groups (broad SMARTS) is 4. The number of hydrogen-bond donors (Lipinski definition) is 8. The number of pyridine rings is 2. The van der Waals surface area contributed by atoms with Crippen LogP contribution in [-0.4, -0.2) is 107 Å². The summed E-state index contributed by atoms with van der Waals surface area (Å²) in [5.74, 6) is -5.50. The van der Waals surface area contributed by atoms with Crippen molar-refractivity contribution in [3.8, 4) is 11.5 Å². The maximum absolute atomic E-state index is 11.8. The van der Waals surface area contributed by atoms with Gasteiger partial charge in [-0.2, -0.15) is 10.2 Å². The van der Waals surface area contributed by atoms with E-state index in [2.05, 4.69) is 31.0 Å². The molecule has 22 nitrogen and oxygen atoms in total. The Kier molecular flexibility index (Phi) is 65.4. The van der Waals surface area contributed by atoms with Gasteiger partial charge >= 0.3 is 79.9 Å². The predicted octanol–water partition coefficient (Wildman–Crippen LogP) is -3.38. The van der Waals surface area contributed by atoms with E-state index in [1.54, 1.807) is 73.1 Å². The van der Waals surface area contributed by atoms with Crippen LogP contribution in [0, 0.1) is 89.2 Å². The Morgan fingerprint density at radius 2 is 0.734 bits per heavy atom. The van der Waals surface area contributed by atoms with Gasteiger partial charge in [0, 0.05) is 64.7 Å². The molecule has 0 saturated heterocycles. The molecule has 2 radical (unpaired) electrons. The van der Waals surface area contributed by atoms with E-state index in [0.717, 1.165) is 56.1 Å². The zero-order chi connectivity index (χ0) is 49.6. The van der Waals surface area contributed by atoms with Gasteiger partial charge in [0.15, 0.2) is 0 Å². The third-order valence-electron chi connectivity index (χ3n) is 4.70. The van der Waals surface area contributed by atoms with E-state index in [9.17, 15) is 19.8 Å². The summed E-state index contributed by atoms with van der Waals surface area (Å²) in [6, 6.07) is 19.3. The summed E-state index contributed by atoms with van der Waals surface area (Å²) in [7, 11) is 4.00. The second kappa shape index (κ2) is 54.6. The molecule has 2 aromatic carbocycles. The Balaban J connectivity index is -0.000000108. The van der Waals surface area contributed by atoms with Crippen molar-refractivity contribution in [2.24, 2.45) is 10.2 Å². The number of carbonyl (C=O) groups excluding carboxylic acids is 6. The van der Waals surface area contributed by atoms with Crippen LogP contribution in [-0.2, 0) is 19.2 Å². The first kappa shape index (κ1) is 76.7. The van der Waals surface area contributed by atoms with Gasteiger partial charge < -0.3 is 80.2 Å². The molecule has 0 unspecified atom stereocenters. The quantitative estimate of drug-likeness (QED) is 0.0530. The molecule has 4 aromatic rings. The number of aliphatic carboxylic acids is 4. The number of para-hydroxylation sites is 2. The topological polar surface area (TPSA) is 402 Å². The number of carbonyl (C=O) groups is 6. The summed E-state index contributed by atoms with van der Waals surface area (Å²) in [5.41, 5.74) is 6.10. The fourth-order valence-corrected chi connectivity index (χ4v) is 3.27. The molecule has 0 spiro atoms. The van der Waals surface area contributed by atoms with E-state index in [0.29, 0.717) is 31.5 Å². The van der Waals surface area contributed by atoms with E-state index in [-0.39, 0.29) is 91.4 Å². The Hall–Kier alpha value is -4.57. The molecule has 4 rings (SSSR count). The number of amides is 2. The number of H-pyrrole nitrogens is 2. The number of aromatic nitrogens is 2. The molecule has 26 heteroatoms. The maximum Gasteiger partial charge on any atom is 3.00 e.